The van der Waals surface area contributed by atoms with Crippen LogP contribution in [-0.2, 0) is 5.54 Å². The number of benzene rings is 1. The summed E-state index contributed by atoms with van der Waals surface area (Å²) in [6.45, 7) is 9.87. The van der Waals surface area contributed by atoms with Crippen molar-refractivity contribution < 1.29 is 5.11 Å². The monoisotopic (exact) mass is 193 g/mol. The van der Waals surface area contributed by atoms with Gasteiger partial charge in [-0.2, -0.15) is 0 Å². The Morgan fingerprint density at radius 3 is 2.07 bits per heavy atom. The maximum Gasteiger partial charge on any atom is 0.119 e. The van der Waals surface area contributed by atoms with Gasteiger partial charge < -0.3 is 10.8 Å². The zero-order valence-corrected chi connectivity index (χ0v) is 9.60. The lowest BCUT2D eigenvalue weighted by molar-refractivity contribution is 0.467. The lowest BCUT2D eigenvalue weighted by Crippen LogP contribution is -2.31. The smallest absolute Gasteiger partial charge is 0.119 e. The Morgan fingerprint density at radius 1 is 1.14 bits per heavy atom. The summed E-state index contributed by atoms with van der Waals surface area (Å²) in [5.74, 6) is 0.355. The highest BCUT2D eigenvalue weighted by atomic mass is 16.3. The Hall–Kier alpha value is -1.02. The third-order valence-electron chi connectivity index (χ3n) is 2.71. The number of aryl methyl sites for hydroxylation is 1. The molecule has 0 atom stereocenters. The molecule has 0 unspecified atom stereocenters. The molecule has 0 aliphatic rings. The first-order chi connectivity index (χ1) is 6.25. The van der Waals surface area contributed by atoms with Crippen molar-refractivity contribution in [3.63, 3.8) is 0 Å². The van der Waals surface area contributed by atoms with E-state index in [1.54, 1.807) is 6.07 Å². The van der Waals surface area contributed by atoms with E-state index in [9.17, 15) is 5.11 Å². The van der Waals surface area contributed by atoms with Gasteiger partial charge in [0.2, 0.25) is 0 Å². The summed E-state index contributed by atoms with van der Waals surface area (Å²) in [6, 6.07) is 1.78. The molecule has 0 amide bonds. The van der Waals surface area contributed by atoms with Crippen LogP contribution < -0.4 is 5.73 Å². The predicted molar refractivity (Wildman–Crippen MR) is 59.5 cm³/mol. The first-order valence-electron chi connectivity index (χ1n) is 4.84. The van der Waals surface area contributed by atoms with Crippen LogP contribution in [0.1, 0.15) is 36.1 Å². The third kappa shape index (κ3) is 1.75. The van der Waals surface area contributed by atoms with Crippen LogP contribution >= 0.6 is 0 Å². The van der Waals surface area contributed by atoms with Gasteiger partial charge in [-0.3, -0.25) is 0 Å². The van der Waals surface area contributed by atoms with Crippen molar-refractivity contribution in [2.75, 3.05) is 0 Å². The molecule has 0 saturated heterocycles. The minimum absolute atomic E-state index is 0.355. The Kier molecular flexibility index (Phi) is 2.59. The van der Waals surface area contributed by atoms with Gasteiger partial charge in [-0.05, 0) is 62.9 Å². The van der Waals surface area contributed by atoms with Crippen molar-refractivity contribution in [2.24, 2.45) is 5.73 Å². The average Bonchev–Trinajstić information content (AvgIpc) is 1.97. The second kappa shape index (κ2) is 3.28. The second-order valence-electron chi connectivity index (χ2n) is 4.56. The molecule has 3 N–H and O–H groups in total. The van der Waals surface area contributed by atoms with Crippen LogP contribution in [0.15, 0.2) is 6.07 Å². The van der Waals surface area contributed by atoms with Gasteiger partial charge in [0.05, 0.1) is 0 Å². The van der Waals surface area contributed by atoms with E-state index in [4.69, 9.17) is 5.73 Å². The van der Waals surface area contributed by atoms with Gasteiger partial charge in [-0.15, -0.1) is 0 Å². The Morgan fingerprint density at radius 2 is 1.64 bits per heavy atom. The number of phenolic OH excluding ortho intramolecular Hbond substituents is 1. The summed E-state index contributed by atoms with van der Waals surface area (Å²) >= 11 is 0. The molecular weight excluding hydrogens is 174 g/mol. The van der Waals surface area contributed by atoms with Crippen LogP contribution in [0.3, 0.4) is 0 Å². The number of hydrogen-bond donors (Lipinski definition) is 2. The fraction of sp³-hybridized carbons (Fsp3) is 0.500. The highest BCUT2D eigenvalue weighted by molar-refractivity contribution is 5.49. The second-order valence-corrected chi connectivity index (χ2v) is 4.56. The van der Waals surface area contributed by atoms with E-state index in [1.807, 2.05) is 34.6 Å². The van der Waals surface area contributed by atoms with Crippen molar-refractivity contribution in [1.82, 2.24) is 0 Å². The van der Waals surface area contributed by atoms with E-state index < -0.39 is 0 Å². The standard InChI is InChI=1S/C12H19NO/c1-7-6-10(14)8(2)9(3)11(7)12(4,5)13/h6,14H,13H2,1-5H3. The minimum Gasteiger partial charge on any atom is -0.508 e. The molecular formula is C12H19NO. The van der Waals surface area contributed by atoms with Gasteiger partial charge in [-0.1, -0.05) is 0 Å². The number of hydrogen-bond acceptors (Lipinski definition) is 2. The summed E-state index contributed by atoms with van der Waals surface area (Å²) in [7, 11) is 0. The molecule has 1 aromatic carbocycles. The van der Waals surface area contributed by atoms with E-state index in [-0.39, 0.29) is 5.54 Å². The first kappa shape index (κ1) is 11.1. The summed E-state index contributed by atoms with van der Waals surface area (Å²) in [4.78, 5) is 0. The number of rotatable bonds is 1. The van der Waals surface area contributed by atoms with E-state index in [0.717, 1.165) is 22.3 Å². The lowest BCUT2D eigenvalue weighted by atomic mass is 9.85. The van der Waals surface area contributed by atoms with Crippen LogP contribution in [-0.4, -0.2) is 5.11 Å². The lowest BCUT2D eigenvalue weighted by Gasteiger charge is -2.25. The summed E-state index contributed by atoms with van der Waals surface area (Å²) in [5.41, 5.74) is 9.94. The number of phenols is 1. The maximum absolute atomic E-state index is 9.63. The van der Waals surface area contributed by atoms with E-state index in [1.165, 1.54) is 0 Å². The Balaban J connectivity index is 3.53. The van der Waals surface area contributed by atoms with Gasteiger partial charge in [0.25, 0.3) is 0 Å². The molecule has 14 heavy (non-hydrogen) atoms. The molecule has 1 rings (SSSR count). The van der Waals surface area contributed by atoms with E-state index >= 15 is 0 Å². The van der Waals surface area contributed by atoms with Crippen LogP contribution in [0.2, 0.25) is 0 Å². The van der Waals surface area contributed by atoms with Gasteiger partial charge in [0.15, 0.2) is 0 Å². The zero-order valence-electron chi connectivity index (χ0n) is 9.60. The van der Waals surface area contributed by atoms with E-state index in [0.29, 0.717) is 5.75 Å². The van der Waals surface area contributed by atoms with Crippen LogP contribution in [0.25, 0.3) is 0 Å². The van der Waals surface area contributed by atoms with Gasteiger partial charge in [0.1, 0.15) is 5.75 Å². The van der Waals surface area contributed by atoms with Gasteiger partial charge >= 0.3 is 0 Å². The summed E-state index contributed by atoms with van der Waals surface area (Å²) in [5, 5.41) is 9.63. The highest BCUT2D eigenvalue weighted by Gasteiger charge is 2.21. The molecule has 1 aromatic rings. The Labute approximate surface area is 85.8 Å². The normalized spacial score (nSPS) is 11.9. The molecule has 2 heteroatoms. The SMILES string of the molecule is Cc1cc(O)c(C)c(C)c1C(C)(C)N. The fourth-order valence-electron chi connectivity index (χ4n) is 2.05. The van der Waals surface area contributed by atoms with Crippen molar-refractivity contribution in [3.05, 3.63) is 28.3 Å². The molecule has 0 saturated carbocycles. The van der Waals surface area contributed by atoms with Crippen molar-refractivity contribution in [3.8, 4) is 5.75 Å². The molecule has 0 aromatic heterocycles. The molecule has 2 nitrogen and oxygen atoms in total. The molecule has 0 bridgehead atoms. The van der Waals surface area contributed by atoms with Gasteiger partial charge in [0, 0.05) is 5.54 Å². The molecule has 0 heterocycles. The predicted octanol–water partition coefficient (Wildman–Crippen LogP) is 2.51. The van der Waals surface area contributed by atoms with Crippen molar-refractivity contribution >= 4 is 0 Å². The molecule has 0 radical (unpaired) electrons. The summed E-state index contributed by atoms with van der Waals surface area (Å²) < 4.78 is 0. The van der Waals surface area contributed by atoms with Crippen molar-refractivity contribution in [2.45, 2.75) is 40.2 Å². The molecule has 0 aliphatic carbocycles. The molecule has 0 spiro atoms. The van der Waals surface area contributed by atoms with Gasteiger partial charge in [-0.25, -0.2) is 0 Å². The zero-order chi connectivity index (χ0) is 11.1. The number of nitrogens with two attached hydrogens (primary N) is 1. The largest absolute Gasteiger partial charge is 0.508 e. The fourth-order valence-corrected chi connectivity index (χ4v) is 2.05. The maximum atomic E-state index is 9.63. The van der Waals surface area contributed by atoms with Crippen molar-refractivity contribution in [1.29, 1.82) is 0 Å². The highest BCUT2D eigenvalue weighted by Crippen LogP contribution is 2.31. The molecule has 0 fully saturated rings. The quantitative estimate of drug-likeness (QED) is 0.720. The topological polar surface area (TPSA) is 46.2 Å². The van der Waals surface area contributed by atoms with Crippen LogP contribution in [0.5, 0.6) is 5.75 Å². The number of aromatic hydroxyl groups is 1. The van der Waals surface area contributed by atoms with Crippen LogP contribution in [0.4, 0.5) is 0 Å². The summed E-state index contributed by atoms with van der Waals surface area (Å²) in [6.07, 6.45) is 0. The average molecular weight is 193 g/mol. The molecule has 0 aliphatic heterocycles. The third-order valence-corrected chi connectivity index (χ3v) is 2.71. The Bertz CT molecular complexity index is 362. The van der Waals surface area contributed by atoms with Crippen LogP contribution in [0, 0.1) is 20.8 Å². The first-order valence-corrected chi connectivity index (χ1v) is 4.84. The molecule has 78 valence electrons. The minimum atomic E-state index is -0.355. The van der Waals surface area contributed by atoms with E-state index in [2.05, 4.69) is 0 Å².